The first-order valence-electron chi connectivity index (χ1n) is 8.73. The van der Waals surface area contributed by atoms with Crippen molar-refractivity contribution in [2.75, 3.05) is 6.61 Å². The average molecular weight is 367 g/mol. The van der Waals surface area contributed by atoms with E-state index < -0.39 is 18.1 Å². The number of carbonyl (C=O) groups is 2. The Balaban J connectivity index is 1.65. The number of hydrogen-bond donors (Lipinski definition) is 2. The SMILES string of the molecule is CCOC(=O)[C@@H](Cc1nc2ccccc2[nH]1)NC(=O)OCc1ccccc1. The summed E-state index contributed by atoms with van der Waals surface area (Å²) in [5.41, 5.74) is 2.51. The Labute approximate surface area is 156 Å². The summed E-state index contributed by atoms with van der Waals surface area (Å²) in [4.78, 5) is 31.9. The Bertz CT molecular complexity index is 875. The number of alkyl carbamates (subject to hydrolysis) is 1. The van der Waals surface area contributed by atoms with E-state index in [1.54, 1.807) is 6.92 Å². The number of para-hydroxylation sites is 2. The van der Waals surface area contributed by atoms with Gasteiger partial charge in [-0.3, -0.25) is 0 Å². The molecule has 0 spiro atoms. The lowest BCUT2D eigenvalue weighted by atomic mass is 10.2. The molecular formula is C20H21N3O4. The Morgan fingerprint density at radius 3 is 2.56 bits per heavy atom. The van der Waals surface area contributed by atoms with Crippen LogP contribution in [0.2, 0.25) is 0 Å². The molecule has 3 rings (SSSR count). The molecule has 0 aliphatic heterocycles. The third kappa shape index (κ3) is 5.07. The molecule has 0 aliphatic rings. The molecule has 3 aromatic rings. The summed E-state index contributed by atoms with van der Waals surface area (Å²) in [7, 11) is 0. The van der Waals surface area contributed by atoms with E-state index in [0.29, 0.717) is 5.82 Å². The molecule has 0 radical (unpaired) electrons. The largest absolute Gasteiger partial charge is 0.464 e. The standard InChI is InChI=1S/C20H21N3O4/c1-2-26-19(24)17(12-18-21-15-10-6-7-11-16(15)22-18)23-20(25)27-13-14-8-4-3-5-9-14/h3-11,17H,2,12-13H2,1H3,(H,21,22)(H,23,25)/t17-/m1/s1. The number of rotatable bonds is 7. The van der Waals surface area contributed by atoms with E-state index in [0.717, 1.165) is 16.6 Å². The minimum Gasteiger partial charge on any atom is -0.464 e. The van der Waals surface area contributed by atoms with Gasteiger partial charge in [0, 0.05) is 6.42 Å². The van der Waals surface area contributed by atoms with Gasteiger partial charge in [0.25, 0.3) is 0 Å². The van der Waals surface area contributed by atoms with Gasteiger partial charge in [0.15, 0.2) is 0 Å². The van der Waals surface area contributed by atoms with Crippen LogP contribution in [0.3, 0.4) is 0 Å². The number of aromatic amines is 1. The van der Waals surface area contributed by atoms with Gasteiger partial charge in [-0.25, -0.2) is 14.6 Å². The monoisotopic (exact) mass is 367 g/mol. The number of benzene rings is 2. The first kappa shape index (κ1) is 18.4. The molecule has 0 bridgehead atoms. The Morgan fingerprint density at radius 1 is 1.07 bits per heavy atom. The van der Waals surface area contributed by atoms with E-state index in [-0.39, 0.29) is 19.6 Å². The van der Waals surface area contributed by atoms with Gasteiger partial charge < -0.3 is 19.8 Å². The molecular weight excluding hydrogens is 346 g/mol. The van der Waals surface area contributed by atoms with E-state index in [9.17, 15) is 9.59 Å². The van der Waals surface area contributed by atoms with Gasteiger partial charge in [0.2, 0.25) is 0 Å². The van der Waals surface area contributed by atoms with Gasteiger partial charge in [0.05, 0.1) is 17.6 Å². The molecule has 0 fully saturated rings. The zero-order valence-electron chi connectivity index (χ0n) is 15.0. The Kier molecular flexibility index (Phi) is 6.04. The quantitative estimate of drug-likeness (QED) is 0.626. The topological polar surface area (TPSA) is 93.3 Å². The third-order valence-corrected chi connectivity index (χ3v) is 3.91. The summed E-state index contributed by atoms with van der Waals surface area (Å²) < 4.78 is 10.3. The van der Waals surface area contributed by atoms with Crippen LogP contribution in [0.25, 0.3) is 11.0 Å². The molecule has 7 nitrogen and oxygen atoms in total. The maximum absolute atomic E-state index is 12.2. The molecule has 0 unspecified atom stereocenters. The fraction of sp³-hybridized carbons (Fsp3) is 0.250. The van der Waals surface area contributed by atoms with Crippen molar-refractivity contribution in [3.63, 3.8) is 0 Å². The summed E-state index contributed by atoms with van der Waals surface area (Å²) in [5, 5.41) is 2.57. The van der Waals surface area contributed by atoms with Crippen LogP contribution in [-0.2, 0) is 27.3 Å². The van der Waals surface area contributed by atoms with Crippen molar-refractivity contribution in [3.05, 3.63) is 66.0 Å². The molecule has 2 aromatic carbocycles. The predicted octanol–water partition coefficient (Wildman–Crippen LogP) is 2.96. The second kappa shape index (κ2) is 8.84. The van der Waals surface area contributed by atoms with Gasteiger partial charge in [-0.05, 0) is 24.6 Å². The number of ether oxygens (including phenoxy) is 2. The van der Waals surface area contributed by atoms with E-state index in [2.05, 4.69) is 15.3 Å². The lowest BCUT2D eigenvalue weighted by molar-refractivity contribution is -0.145. The normalized spacial score (nSPS) is 11.7. The minimum absolute atomic E-state index is 0.118. The van der Waals surface area contributed by atoms with Crippen LogP contribution in [0.15, 0.2) is 54.6 Å². The second-order valence-electron chi connectivity index (χ2n) is 5.92. The molecule has 7 heteroatoms. The van der Waals surface area contributed by atoms with Crippen LogP contribution in [0.4, 0.5) is 4.79 Å². The second-order valence-corrected chi connectivity index (χ2v) is 5.92. The summed E-state index contributed by atoms with van der Waals surface area (Å²) >= 11 is 0. The van der Waals surface area contributed by atoms with E-state index in [1.165, 1.54) is 0 Å². The molecule has 0 saturated carbocycles. The molecule has 27 heavy (non-hydrogen) atoms. The molecule has 140 valence electrons. The molecule has 1 aromatic heterocycles. The number of fused-ring (bicyclic) bond motifs is 1. The van der Waals surface area contributed by atoms with Crippen LogP contribution in [0.1, 0.15) is 18.3 Å². The summed E-state index contributed by atoms with van der Waals surface area (Å²) in [6.45, 7) is 2.05. The van der Waals surface area contributed by atoms with Crippen molar-refractivity contribution in [2.24, 2.45) is 0 Å². The van der Waals surface area contributed by atoms with Crippen LogP contribution in [0, 0.1) is 0 Å². The molecule has 1 amide bonds. The van der Waals surface area contributed by atoms with Crippen LogP contribution in [-0.4, -0.2) is 34.7 Å². The first-order valence-corrected chi connectivity index (χ1v) is 8.73. The number of esters is 1. The van der Waals surface area contributed by atoms with Gasteiger partial charge in [-0.1, -0.05) is 42.5 Å². The molecule has 0 aliphatic carbocycles. The first-order chi connectivity index (χ1) is 13.2. The van der Waals surface area contributed by atoms with Crippen molar-refractivity contribution in [1.29, 1.82) is 0 Å². The number of nitrogens with zero attached hydrogens (tertiary/aromatic N) is 1. The number of amides is 1. The van der Waals surface area contributed by atoms with E-state index in [1.807, 2.05) is 54.6 Å². The Morgan fingerprint density at radius 2 is 1.81 bits per heavy atom. The van der Waals surface area contributed by atoms with Crippen molar-refractivity contribution in [2.45, 2.75) is 26.0 Å². The van der Waals surface area contributed by atoms with E-state index in [4.69, 9.17) is 9.47 Å². The maximum atomic E-state index is 12.2. The smallest absolute Gasteiger partial charge is 0.408 e. The zero-order chi connectivity index (χ0) is 19.1. The Hall–Kier alpha value is -3.35. The number of carbonyl (C=O) groups excluding carboxylic acids is 2. The highest BCUT2D eigenvalue weighted by atomic mass is 16.6. The summed E-state index contributed by atoms with van der Waals surface area (Å²) in [5.74, 6) is 0.0484. The average Bonchev–Trinajstić information content (AvgIpc) is 3.09. The lowest BCUT2D eigenvalue weighted by Crippen LogP contribution is -2.43. The lowest BCUT2D eigenvalue weighted by Gasteiger charge is -2.16. The molecule has 0 saturated heterocycles. The summed E-state index contributed by atoms with van der Waals surface area (Å²) in [6.07, 6.45) is -0.512. The van der Waals surface area contributed by atoms with Crippen molar-refractivity contribution in [3.8, 4) is 0 Å². The number of imidazole rings is 1. The number of aromatic nitrogens is 2. The highest BCUT2D eigenvalue weighted by Crippen LogP contribution is 2.12. The van der Waals surface area contributed by atoms with Crippen molar-refractivity contribution >= 4 is 23.1 Å². The number of hydrogen-bond acceptors (Lipinski definition) is 5. The van der Waals surface area contributed by atoms with Gasteiger partial charge in [-0.15, -0.1) is 0 Å². The van der Waals surface area contributed by atoms with Crippen LogP contribution < -0.4 is 5.32 Å². The molecule has 1 atom stereocenters. The third-order valence-electron chi connectivity index (χ3n) is 3.91. The van der Waals surface area contributed by atoms with Gasteiger partial charge >= 0.3 is 12.1 Å². The van der Waals surface area contributed by atoms with E-state index >= 15 is 0 Å². The highest BCUT2D eigenvalue weighted by molar-refractivity contribution is 5.82. The zero-order valence-corrected chi connectivity index (χ0v) is 15.0. The fourth-order valence-electron chi connectivity index (χ4n) is 2.64. The van der Waals surface area contributed by atoms with Gasteiger partial charge in [0.1, 0.15) is 18.5 Å². The number of nitrogens with one attached hydrogen (secondary N) is 2. The minimum atomic E-state index is -0.895. The van der Waals surface area contributed by atoms with Crippen molar-refractivity contribution < 1.29 is 19.1 Å². The number of H-pyrrole nitrogens is 1. The highest BCUT2D eigenvalue weighted by Gasteiger charge is 2.24. The summed E-state index contributed by atoms with van der Waals surface area (Å²) in [6, 6.07) is 16.0. The van der Waals surface area contributed by atoms with Crippen molar-refractivity contribution in [1.82, 2.24) is 15.3 Å². The maximum Gasteiger partial charge on any atom is 0.408 e. The van der Waals surface area contributed by atoms with Crippen LogP contribution >= 0.6 is 0 Å². The van der Waals surface area contributed by atoms with Crippen LogP contribution in [0.5, 0.6) is 0 Å². The molecule has 2 N–H and O–H groups in total. The van der Waals surface area contributed by atoms with Gasteiger partial charge in [-0.2, -0.15) is 0 Å². The molecule has 1 heterocycles. The fourth-order valence-corrected chi connectivity index (χ4v) is 2.64. The predicted molar refractivity (Wildman–Crippen MR) is 100.0 cm³/mol.